The van der Waals surface area contributed by atoms with E-state index in [1.165, 1.54) is 6.07 Å². The minimum atomic E-state index is -0.396. The zero-order valence-electron chi connectivity index (χ0n) is 15.5. The maximum atomic E-state index is 12.9. The van der Waals surface area contributed by atoms with Gasteiger partial charge in [-0.3, -0.25) is 4.79 Å². The molecule has 0 N–H and O–H groups in total. The van der Waals surface area contributed by atoms with Gasteiger partial charge in [0.15, 0.2) is 5.78 Å². The summed E-state index contributed by atoms with van der Waals surface area (Å²) < 4.78 is 16.9. The van der Waals surface area contributed by atoms with Crippen molar-refractivity contribution in [1.82, 2.24) is 0 Å². The number of Topliss-reactive ketones (excluding diaryl/α,β-unsaturated/α-hetero) is 1. The number of ether oxygens (including phenoxy) is 2. The van der Waals surface area contributed by atoms with E-state index in [1.807, 2.05) is 38.1 Å². The highest BCUT2D eigenvalue weighted by atomic mass is 16.5. The van der Waals surface area contributed by atoms with Gasteiger partial charge in [0.25, 0.3) is 0 Å². The normalized spacial score (nSPS) is 16.1. The Labute approximate surface area is 156 Å². The monoisotopic (exact) mass is 364 g/mol. The second kappa shape index (κ2) is 6.58. The summed E-state index contributed by atoms with van der Waals surface area (Å²) in [6.07, 6.45) is 0.518. The topological polar surface area (TPSA) is 65.7 Å². The Morgan fingerprint density at radius 3 is 2.56 bits per heavy atom. The van der Waals surface area contributed by atoms with Crippen molar-refractivity contribution in [2.45, 2.75) is 32.8 Å². The van der Waals surface area contributed by atoms with Gasteiger partial charge in [-0.05, 0) is 48.2 Å². The SMILES string of the molecule is CCc1cc(=O)oc2cc(C)c3c(c12)OC(c1ccc(OC)cc1)CC3=O. The number of hydrogen-bond acceptors (Lipinski definition) is 5. The van der Waals surface area contributed by atoms with Crippen molar-refractivity contribution in [1.29, 1.82) is 0 Å². The first-order valence-corrected chi connectivity index (χ1v) is 8.96. The van der Waals surface area contributed by atoms with E-state index in [2.05, 4.69) is 0 Å². The number of hydrogen-bond donors (Lipinski definition) is 0. The van der Waals surface area contributed by atoms with Crippen molar-refractivity contribution in [3.8, 4) is 11.5 Å². The number of carbonyl (C=O) groups excluding carboxylic acids is 1. The minimum absolute atomic E-state index is 0.0321. The second-order valence-electron chi connectivity index (χ2n) is 6.72. The van der Waals surface area contributed by atoms with Gasteiger partial charge < -0.3 is 13.9 Å². The first-order chi connectivity index (χ1) is 13.0. The number of aryl methyl sites for hydroxylation is 2. The van der Waals surface area contributed by atoms with Crippen LogP contribution in [0.1, 0.15) is 46.5 Å². The zero-order valence-corrected chi connectivity index (χ0v) is 15.5. The van der Waals surface area contributed by atoms with E-state index >= 15 is 0 Å². The summed E-state index contributed by atoms with van der Waals surface area (Å²) in [5.74, 6) is 1.30. The van der Waals surface area contributed by atoms with Crippen LogP contribution in [0.5, 0.6) is 11.5 Å². The van der Waals surface area contributed by atoms with Crippen LogP contribution in [0.25, 0.3) is 11.0 Å². The molecule has 1 aliphatic rings. The number of methoxy groups -OCH3 is 1. The highest BCUT2D eigenvalue weighted by Crippen LogP contribution is 2.42. The minimum Gasteiger partial charge on any atom is -0.497 e. The van der Waals surface area contributed by atoms with Crippen LogP contribution >= 0.6 is 0 Å². The smallest absolute Gasteiger partial charge is 0.336 e. The van der Waals surface area contributed by atoms with Crippen molar-refractivity contribution in [3.05, 3.63) is 69.1 Å². The van der Waals surface area contributed by atoms with Crippen LogP contribution in [0.4, 0.5) is 0 Å². The van der Waals surface area contributed by atoms with Crippen LogP contribution in [0, 0.1) is 6.92 Å². The molecule has 0 saturated carbocycles. The number of benzene rings is 2. The van der Waals surface area contributed by atoms with Gasteiger partial charge in [-0.1, -0.05) is 19.1 Å². The van der Waals surface area contributed by atoms with Gasteiger partial charge in [0.2, 0.25) is 0 Å². The van der Waals surface area contributed by atoms with Gasteiger partial charge in [-0.15, -0.1) is 0 Å². The fourth-order valence-corrected chi connectivity index (χ4v) is 3.70. The number of carbonyl (C=O) groups is 1. The van der Waals surface area contributed by atoms with E-state index < -0.39 is 11.7 Å². The molecule has 0 aliphatic carbocycles. The Morgan fingerprint density at radius 1 is 1.15 bits per heavy atom. The van der Waals surface area contributed by atoms with E-state index in [9.17, 15) is 9.59 Å². The Kier molecular flexibility index (Phi) is 4.22. The fourth-order valence-electron chi connectivity index (χ4n) is 3.70. The lowest BCUT2D eigenvalue weighted by Gasteiger charge is -2.28. The van der Waals surface area contributed by atoms with E-state index in [1.54, 1.807) is 13.2 Å². The van der Waals surface area contributed by atoms with Crippen LogP contribution in [0.15, 0.2) is 45.6 Å². The Hall–Kier alpha value is -3.08. The summed E-state index contributed by atoms with van der Waals surface area (Å²) in [5.41, 5.74) is 3.12. The lowest BCUT2D eigenvalue weighted by Crippen LogP contribution is -2.22. The summed E-state index contributed by atoms with van der Waals surface area (Å²) in [4.78, 5) is 24.8. The summed E-state index contributed by atoms with van der Waals surface area (Å²) in [6, 6.07) is 10.7. The molecule has 0 fully saturated rings. The molecule has 5 heteroatoms. The largest absolute Gasteiger partial charge is 0.497 e. The van der Waals surface area contributed by atoms with Crippen LogP contribution in [-0.4, -0.2) is 12.9 Å². The van der Waals surface area contributed by atoms with Crippen LogP contribution < -0.4 is 15.1 Å². The molecule has 27 heavy (non-hydrogen) atoms. The second-order valence-corrected chi connectivity index (χ2v) is 6.72. The molecule has 5 nitrogen and oxygen atoms in total. The van der Waals surface area contributed by atoms with E-state index in [-0.39, 0.29) is 12.2 Å². The van der Waals surface area contributed by atoms with Crippen molar-refractivity contribution in [2.24, 2.45) is 0 Å². The zero-order chi connectivity index (χ0) is 19.1. The summed E-state index contributed by atoms with van der Waals surface area (Å²) in [5, 5.41) is 0.712. The van der Waals surface area contributed by atoms with Crippen molar-refractivity contribution in [3.63, 3.8) is 0 Å². The van der Waals surface area contributed by atoms with Gasteiger partial charge in [0.1, 0.15) is 23.2 Å². The molecule has 138 valence electrons. The Balaban J connectivity index is 1.90. The predicted molar refractivity (Wildman–Crippen MR) is 102 cm³/mol. The first-order valence-electron chi connectivity index (χ1n) is 8.96. The van der Waals surface area contributed by atoms with Gasteiger partial charge in [0.05, 0.1) is 24.5 Å². The number of ketones is 1. The van der Waals surface area contributed by atoms with Crippen LogP contribution in [0.3, 0.4) is 0 Å². The molecule has 1 atom stereocenters. The fraction of sp³-hybridized carbons (Fsp3) is 0.273. The molecule has 0 radical (unpaired) electrons. The van der Waals surface area contributed by atoms with E-state index in [0.717, 1.165) is 22.4 Å². The third-order valence-corrected chi connectivity index (χ3v) is 5.04. The molecule has 1 unspecified atom stereocenters. The Bertz CT molecular complexity index is 1090. The van der Waals surface area contributed by atoms with Crippen molar-refractivity contribution >= 4 is 16.8 Å². The summed E-state index contributed by atoms with van der Waals surface area (Å²) >= 11 is 0. The highest BCUT2D eigenvalue weighted by Gasteiger charge is 2.32. The van der Waals surface area contributed by atoms with Gasteiger partial charge in [-0.25, -0.2) is 4.79 Å². The highest BCUT2D eigenvalue weighted by molar-refractivity contribution is 6.07. The average molecular weight is 364 g/mol. The van der Waals surface area contributed by atoms with E-state index in [0.29, 0.717) is 28.7 Å². The summed E-state index contributed by atoms with van der Waals surface area (Å²) in [6.45, 7) is 3.80. The Morgan fingerprint density at radius 2 is 1.89 bits per heavy atom. The van der Waals surface area contributed by atoms with E-state index in [4.69, 9.17) is 13.9 Å². The van der Waals surface area contributed by atoms with Crippen LogP contribution in [-0.2, 0) is 6.42 Å². The lowest BCUT2D eigenvalue weighted by atomic mass is 9.90. The van der Waals surface area contributed by atoms with Crippen molar-refractivity contribution in [2.75, 3.05) is 7.11 Å². The molecular weight excluding hydrogens is 344 g/mol. The molecule has 1 aliphatic heterocycles. The lowest BCUT2D eigenvalue weighted by molar-refractivity contribution is 0.0852. The molecule has 0 saturated heterocycles. The molecule has 0 bridgehead atoms. The molecule has 4 rings (SSSR count). The van der Waals surface area contributed by atoms with Gasteiger partial charge in [-0.2, -0.15) is 0 Å². The van der Waals surface area contributed by atoms with Gasteiger partial charge in [0, 0.05) is 6.07 Å². The molecular formula is C22H20O5. The third-order valence-electron chi connectivity index (χ3n) is 5.04. The van der Waals surface area contributed by atoms with Crippen molar-refractivity contribution < 1.29 is 18.7 Å². The maximum Gasteiger partial charge on any atom is 0.336 e. The molecule has 3 aromatic rings. The van der Waals surface area contributed by atoms with Crippen LogP contribution in [0.2, 0.25) is 0 Å². The molecule has 2 heterocycles. The number of rotatable bonds is 3. The average Bonchev–Trinajstić information content (AvgIpc) is 2.66. The predicted octanol–water partition coefficient (Wildman–Crippen LogP) is 4.38. The molecule has 0 spiro atoms. The molecule has 0 amide bonds. The third kappa shape index (κ3) is 2.89. The molecule has 2 aromatic carbocycles. The number of fused-ring (bicyclic) bond motifs is 3. The molecule has 1 aromatic heterocycles. The standard InChI is InChI=1S/C22H20O5/c1-4-13-10-19(24)26-18-9-12(2)20-16(23)11-17(27-22(20)21(13)18)14-5-7-15(25-3)8-6-14/h5-10,17H,4,11H2,1-3H3. The van der Waals surface area contributed by atoms with Gasteiger partial charge >= 0.3 is 5.63 Å². The maximum absolute atomic E-state index is 12.9. The quantitative estimate of drug-likeness (QED) is 0.645. The summed E-state index contributed by atoms with van der Waals surface area (Å²) in [7, 11) is 1.61. The first kappa shape index (κ1) is 17.3.